The predicted molar refractivity (Wildman–Crippen MR) is 99.6 cm³/mol. The van der Waals surface area contributed by atoms with Gasteiger partial charge in [0.2, 0.25) is 5.91 Å². The molecule has 1 fully saturated rings. The Morgan fingerprint density at radius 2 is 2.04 bits per heavy atom. The molecule has 2 N–H and O–H groups in total. The predicted octanol–water partition coefficient (Wildman–Crippen LogP) is 4.44. The van der Waals surface area contributed by atoms with E-state index in [1.165, 1.54) is 30.2 Å². The molecule has 0 aliphatic heterocycles. The molecule has 0 saturated heterocycles. The molecule has 1 aromatic carbocycles. The molecule has 0 unspecified atom stereocenters. The number of carbonyl (C=O) groups excluding carboxylic acids is 1. The van der Waals surface area contributed by atoms with Crippen molar-refractivity contribution in [3.05, 3.63) is 48.3 Å². The van der Waals surface area contributed by atoms with Gasteiger partial charge in [0.1, 0.15) is 5.82 Å². The largest absolute Gasteiger partial charge is 0.361 e. The lowest BCUT2D eigenvalue weighted by atomic mass is 9.96. The number of hydrogen-bond donors (Lipinski definition) is 2. The first-order valence-corrected chi connectivity index (χ1v) is 9.19. The minimum Gasteiger partial charge on any atom is -0.361 e. The van der Waals surface area contributed by atoms with Crippen molar-refractivity contribution < 1.29 is 4.79 Å². The van der Waals surface area contributed by atoms with E-state index in [9.17, 15) is 4.79 Å². The van der Waals surface area contributed by atoms with Crippen molar-refractivity contribution in [3.8, 4) is 0 Å². The van der Waals surface area contributed by atoms with Crippen LogP contribution in [0.4, 0.5) is 5.82 Å². The zero-order chi connectivity index (χ0) is 17.1. The summed E-state index contributed by atoms with van der Waals surface area (Å²) in [5.74, 6) is 0.874. The van der Waals surface area contributed by atoms with Crippen LogP contribution in [-0.2, 0) is 11.2 Å². The van der Waals surface area contributed by atoms with Gasteiger partial charge >= 0.3 is 0 Å². The molecule has 0 atom stereocenters. The highest BCUT2D eigenvalue weighted by atomic mass is 16.1. The smallest absolute Gasteiger partial charge is 0.225 e. The maximum absolute atomic E-state index is 12.4. The lowest BCUT2D eigenvalue weighted by Gasteiger charge is -2.23. The summed E-state index contributed by atoms with van der Waals surface area (Å²) in [4.78, 5) is 15.7. The Bertz CT molecular complexity index is 857. The number of rotatable bonds is 5. The third-order valence-corrected chi connectivity index (χ3v) is 5.15. The molecular formula is C20H24N4O. The quantitative estimate of drug-likeness (QED) is 0.723. The molecule has 1 aliphatic rings. The Balaban J connectivity index is 1.39. The molecule has 4 rings (SSSR count). The Hall–Kier alpha value is -2.56. The Kier molecular flexibility index (Phi) is 4.55. The first kappa shape index (κ1) is 15.9. The SMILES string of the molecule is O=C(CCc1c[nH]c2ccccc12)Nc1ccnn1C1CCCCC1. The second-order valence-corrected chi connectivity index (χ2v) is 6.86. The van der Waals surface area contributed by atoms with Crippen LogP contribution in [0.25, 0.3) is 10.9 Å². The number of nitrogens with zero attached hydrogens (tertiary/aromatic N) is 2. The van der Waals surface area contributed by atoms with Crippen molar-refractivity contribution in [2.24, 2.45) is 0 Å². The maximum atomic E-state index is 12.4. The zero-order valence-electron chi connectivity index (χ0n) is 14.4. The molecule has 1 saturated carbocycles. The number of H-pyrrole nitrogens is 1. The highest BCUT2D eigenvalue weighted by Crippen LogP contribution is 2.30. The van der Waals surface area contributed by atoms with E-state index in [0.29, 0.717) is 12.5 Å². The second-order valence-electron chi connectivity index (χ2n) is 6.86. The number of carbonyl (C=O) groups is 1. The van der Waals surface area contributed by atoms with E-state index in [1.807, 2.05) is 29.1 Å². The number of anilines is 1. The normalized spacial score (nSPS) is 15.5. The number of aromatic amines is 1. The van der Waals surface area contributed by atoms with Crippen LogP contribution in [0, 0.1) is 0 Å². The summed E-state index contributed by atoms with van der Waals surface area (Å²) < 4.78 is 2.00. The summed E-state index contributed by atoms with van der Waals surface area (Å²) in [6.07, 6.45) is 11.1. The molecule has 3 aromatic rings. The molecule has 1 aliphatic carbocycles. The number of fused-ring (bicyclic) bond motifs is 1. The third kappa shape index (κ3) is 3.45. The first-order valence-electron chi connectivity index (χ1n) is 9.19. The van der Waals surface area contributed by atoms with Gasteiger partial charge in [-0.05, 0) is 30.9 Å². The van der Waals surface area contributed by atoms with Gasteiger partial charge in [-0.25, -0.2) is 4.68 Å². The van der Waals surface area contributed by atoms with E-state index < -0.39 is 0 Å². The fraction of sp³-hybridized carbons (Fsp3) is 0.400. The van der Waals surface area contributed by atoms with Crippen molar-refractivity contribution in [1.82, 2.24) is 14.8 Å². The first-order chi connectivity index (χ1) is 12.3. The average Bonchev–Trinajstić information content (AvgIpc) is 3.27. The summed E-state index contributed by atoms with van der Waals surface area (Å²) in [6.45, 7) is 0. The summed E-state index contributed by atoms with van der Waals surface area (Å²) in [5.41, 5.74) is 2.31. The molecule has 5 nitrogen and oxygen atoms in total. The Morgan fingerprint density at radius 3 is 2.92 bits per heavy atom. The van der Waals surface area contributed by atoms with E-state index in [0.717, 1.165) is 30.6 Å². The average molecular weight is 336 g/mol. The van der Waals surface area contributed by atoms with E-state index in [2.05, 4.69) is 27.5 Å². The van der Waals surface area contributed by atoms with Crippen molar-refractivity contribution in [1.29, 1.82) is 0 Å². The topological polar surface area (TPSA) is 62.7 Å². The van der Waals surface area contributed by atoms with Crippen LogP contribution in [0.15, 0.2) is 42.7 Å². The minimum atomic E-state index is 0.0443. The van der Waals surface area contributed by atoms with Gasteiger partial charge < -0.3 is 10.3 Å². The van der Waals surface area contributed by atoms with Gasteiger partial charge in [-0.15, -0.1) is 0 Å². The number of amides is 1. The van der Waals surface area contributed by atoms with Gasteiger partial charge in [0.25, 0.3) is 0 Å². The molecule has 25 heavy (non-hydrogen) atoms. The van der Waals surface area contributed by atoms with Crippen molar-refractivity contribution >= 4 is 22.6 Å². The lowest BCUT2D eigenvalue weighted by Crippen LogP contribution is -2.20. The van der Waals surface area contributed by atoms with Crippen LogP contribution in [-0.4, -0.2) is 20.7 Å². The van der Waals surface area contributed by atoms with Crippen LogP contribution in [0.3, 0.4) is 0 Å². The van der Waals surface area contributed by atoms with Gasteiger partial charge in [-0.2, -0.15) is 5.10 Å². The molecule has 130 valence electrons. The van der Waals surface area contributed by atoms with Crippen LogP contribution in [0.1, 0.15) is 50.1 Å². The highest BCUT2D eigenvalue weighted by Gasteiger charge is 2.19. The van der Waals surface area contributed by atoms with Crippen molar-refractivity contribution in [2.75, 3.05) is 5.32 Å². The highest BCUT2D eigenvalue weighted by molar-refractivity contribution is 5.90. The molecule has 0 radical (unpaired) electrons. The zero-order valence-corrected chi connectivity index (χ0v) is 14.4. The maximum Gasteiger partial charge on any atom is 0.225 e. The van der Waals surface area contributed by atoms with Crippen molar-refractivity contribution in [2.45, 2.75) is 51.0 Å². The fourth-order valence-electron chi connectivity index (χ4n) is 3.82. The summed E-state index contributed by atoms with van der Waals surface area (Å²) in [5, 5.41) is 8.69. The lowest BCUT2D eigenvalue weighted by molar-refractivity contribution is -0.116. The number of nitrogens with one attached hydrogen (secondary N) is 2. The summed E-state index contributed by atoms with van der Waals surface area (Å²) in [7, 11) is 0. The number of aryl methyl sites for hydroxylation is 1. The van der Waals surface area contributed by atoms with Crippen molar-refractivity contribution in [3.63, 3.8) is 0 Å². The number of para-hydroxylation sites is 1. The van der Waals surface area contributed by atoms with E-state index in [-0.39, 0.29) is 5.91 Å². The van der Waals surface area contributed by atoms with E-state index >= 15 is 0 Å². The van der Waals surface area contributed by atoms with Gasteiger partial charge in [0.15, 0.2) is 0 Å². The van der Waals surface area contributed by atoms with Crippen LogP contribution < -0.4 is 5.32 Å². The molecule has 2 aromatic heterocycles. The molecule has 5 heteroatoms. The molecular weight excluding hydrogens is 312 g/mol. The monoisotopic (exact) mass is 336 g/mol. The van der Waals surface area contributed by atoms with Gasteiger partial charge in [0.05, 0.1) is 12.2 Å². The van der Waals surface area contributed by atoms with Crippen LogP contribution in [0.5, 0.6) is 0 Å². The number of hydrogen-bond acceptors (Lipinski definition) is 2. The Morgan fingerprint density at radius 1 is 1.20 bits per heavy atom. The Labute approximate surface area is 147 Å². The summed E-state index contributed by atoms with van der Waals surface area (Å²) in [6, 6.07) is 10.5. The third-order valence-electron chi connectivity index (χ3n) is 5.15. The van der Waals surface area contributed by atoms with Crippen LogP contribution >= 0.6 is 0 Å². The second kappa shape index (κ2) is 7.13. The number of benzene rings is 1. The van der Waals surface area contributed by atoms with Crippen LogP contribution in [0.2, 0.25) is 0 Å². The molecule has 0 bridgehead atoms. The van der Waals surface area contributed by atoms with Gasteiger partial charge in [-0.1, -0.05) is 37.5 Å². The van der Waals surface area contributed by atoms with E-state index in [4.69, 9.17) is 0 Å². The fourth-order valence-corrected chi connectivity index (χ4v) is 3.82. The van der Waals surface area contributed by atoms with E-state index in [1.54, 1.807) is 6.20 Å². The number of aromatic nitrogens is 3. The summed E-state index contributed by atoms with van der Waals surface area (Å²) >= 11 is 0. The van der Waals surface area contributed by atoms with Gasteiger partial charge in [0, 0.05) is 29.6 Å². The standard InChI is InChI=1S/C20H24N4O/c25-20(11-10-15-14-21-18-9-5-4-8-17(15)18)23-19-12-13-22-24(19)16-6-2-1-3-7-16/h4-5,8-9,12-14,16,21H,1-3,6-7,10-11H2,(H,23,25). The molecule has 1 amide bonds. The van der Waals surface area contributed by atoms with Gasteiger partial charge in [-0.3, -0.25) is 4.79 Å². The minimum absolute atomic E-state index is 0.0443. The molecule has 2 heterocycles. The molecule has 0 spiro atoms.